The smallest absolute Gasteiger partial charge is 0.0366 e. The van der Waals surface area contributed by atoms with Gasteiger partial charge in [-0.15, -0.1) is 0 Å². The zero-order valence-electron chi connectivity index (χ0n) is 12.6. The Morgan fingerprint density at radius 2 is 1.45 bits per heavy atom. The Bertz CT molecular complexity index is 382. The molecule has 0 saturated heterocycles. The highest BCUT2D eigenvalue weighted by Crippen LogP contribution is 2.18. The zero-order valence-corrected chi connectivity index (χ0v) is 13.5. The van der Waals surface area contributed by atoms with Crippen molar-refractivity contribution in [2.75, 3.05) is 18.0 Å². The van der Waals surface area contributed by atoms with E-state index >= 15 is 0 Å². The van der Waals surface area contributed by atoms with E-state index in [1.807, 2.05) is 12.1 Å². The maximum Gasteiger partial charge on any atom is 0.0366 e. The van der Waals surface area contributed by atoms with Gasteiger partial charge in [-0.05, 0) is 48.2 Å². The van der Waals surface area contributed by atoms with Gasteiger partial charge in [0.05, 0.1) is 0 Å². The molecule has 0 amide bonds. The molecule has 0 saturated carbocycles. The van der Waals surface area contributed by atoms with E-state index in [4.69, 9.17) is 0 Å². The average Bonchev–Trinajstić information content (AvgIpc) is 2.46. The van der Waals surface area contributed by atoms with Crippen molar-refractivity contribution in [2.24, 2.45) is 0 Å². The van der Waals surface area contributed by atoms with E-state index in [0.29, 0.717) is 4.90 Å². The van der Waals surface area contributed by atoms with Gasteiger partial charge in [0, 0.05) is 23.7 Å². The Kier molecular flexibility index (Phi) is 8.54. The van der Waals surface area contributed by atoms with Crippen LogP contribution >= 0.6 is 0 Å². The van der Waals surface area contributed by atoms with Crippen LogP contribution in [-0.4, -0.2) is 21.9 Å². The van der Waals surface area contributed by atoms with Crippen LogP contribution in [0.5, 0.6) is 0 Å². The lowest BCUT2D eigenvalue weighted by Crippen LogP contribution is -2.25. The molecule has 114 valence electrons. The molecule has 1 aromatic rings. The molecule has 1 rings (SSSR count). The highest BCUT2D eigenvalue weighted by atomic mass is 32.2. The second kappa shape index (κ2) is 9.94. The molecule has 1 aromatic carbocycles. The van der Waals surface area contributed by atoms with Crippen molar-refractivity contribution in [1.82, 2.24) is 0 Å². The van der Waals surface area contributed by atoms with Gasteiger partial charge < -0.3 is 9.45 Å². The molecule has 0 N–H and O–H groups in total. The molecule has 0 aliphatic heterocycles. The topological polar surface area (TPSA) is 43.4 Å². The first-order valence-corrected chi connectivity index (χ1v) is 8.70. The van der Waals surface area contributed by atoms with Crippen LogP contribution < -0.4 is 4.90 Å². The predicted molar refractivity (Wildman–Crippen MR) is 84.9 cm³/mol. The summed E-state index contributed by atoms with van der Waals surface area (Å²) in [5.74, 6) is 0. The zero-order chi connectivity index (χ0) is 14.8. The van der Waals surface area contributed by atoms with Gasteiger partial charge in [-0.25, -0.2) is 0 Å². The molecule has 0 aliphatic carbocycles. The molecule has 1 atom stereocenters. The Balaban J connectivity index is 2.66. The van der Waals surface area contributed by atoms with E-state index < -0.39 is 11.1 Å². The number of anilines is 1. The van der Waals surface area contributed by atoms with Gasteiger partial charge in [0.1, 0.15) is 0 Å². The fourth-order valence-electron chi connectivity index (χ4n) is 2.24. The molecule has 0 spiro atoms. The first-order chi connectivity index (χ1) is 9.69. The van der Waals surface area contributed by atoms with Crippen LogP contribution in [0.15, 0.2) is 29.2 Å². The van der Waals surface area contributed by atoms with Crippen molar-refractivity contribution in [1.29, 1.82) is 0 Å². The second-order valence-corrected chi connectivity index (χ2v) is 6.07. The highest BCUT2D eigenvalue weighted by molar-refractivity contribution is 7.79. The quantitative estimate of drug-likeness (QED) is 0.482. The van der Waals surface area contributed by atoms with Gasteiger partial charge in [-0.2, -0.15) is 0 Å². The van der Waals surface area contributed by atoms with E-state index in [-0.39, 0.29) is 0 Å². The summed E-state index contributed by atoms with van der Waals surface area (Å²) in [7, 11) is 0. The molecule has 4 heteroatoms. The van der Waals surface area contributed by atoms with Crippen LogP contribution in [0.25, 0.3) is 0 Å². The second-order valence-electron chi connectivity index (χ2n) is 5.13. The highest BCUT2D eigenvalue weighted by Gasteiger charge is 2.06. The molecule has 20 heavy (non-hydrogen) atoms. The van der Waals surface area contributed by atoms with Crippen LogP contribution in [0, 0.1) is 0 Å². The van der Waals surface area contributed by atoms with Crippen molar-refractivity contribution in [2.45, 2.75) is 57.3 Å². The standard InChI is InChI=1S/C16H27NO2S/c1-3-5-7-13-17(14-8-6-4-2)15-9-11-16(12-10-15)20(18)19/h9-12H,3-8,13-14H2,1-2H3,(H,18,19)/p-1. The molecule has 0 radical (unpaired) electrons. The van der Waals surface area contributed by atoms with Gasteiger partial charge >= 0.3 is 0 Å². The summed E-state index contributed by atoms with van der Waals surface area (Å²) in [6.07, 6.45) is 7.31. The first kappa shape index (κ1) is 17.2. The summed E-state index contributed by atoms with van der Waals surface area (Å²) < 4.78 is 21.8. The minimum Gasteiger partial charge on any atom is -0.768 e. The van der Waals surface area contributed by atoms with Crippen LogP contribution in [-0.2, 0) is 11.1 Å². The summed E-state index contributed by atoms with van der Waals surface area (Å²) in [6.45, 7) is 6.52. The molecule has 0 bridgehead atoms. The minimum atomic E-state index is -2.13. The summed E-state index contributed by atoms with van der Waals surface area (Å²) in [5, 5.41) is 0. The van der Waals surface area contributed by atoms with Gasteiger partial charge in [0.2, 0.25) is 0 Å². The van der Waals surface area contributed by atoms with Gasteiger partial charge in [0.15, 0.2) is 0 Å². The van der Waals surface area contributed by atoms with Crippen molar-refractivity contribution in [3.8, 4) is 0 Å². The fourth-order valence-corrected chi connectivity index (χ4v) is 2.60. The molecule has 3 nitrogen and oxygen atoms in total. The maximum absolute atomic E-state index is 10.9. The van der Waals surface area contributed by atoms with Gasteiger partial charge in [-0.1, -0.05) is 39.5 Å². The van der Waals surface area contributed by atoms with E-state index in [9.17, 15) is 8.76 Å². The SMILES string of the molecule is CCCCCN(CCCCC)c1ccc(S(=O)[O-])cc1. The first-order valence-electron chi connectivity index (χ1n) is 7.63. The van der Waals surface area contributed by atoms with Gasteiger partial charge in [-0.3, -0.25) is 4.21 Å². The third kappa shape index (κ3) is 6.06. The maximum atomic E-state index is 10.9. The number of rotatable bonds is 10. The van der Waals surface area contributed by atoms with Crippen LogP contribution in [0.4, 0.5) is 5.69 Å². The summed E-state index contributed by atoms with van der Waals surface area (Å²) in [6, 6.07) is 7.21. The van der Waals surface area contributed by atoms with Crippen molar-refractivity contribution in [3.63, 3.8) is 0 Å². The van der Waals surface area contributed by atoms with Crippen molar-refractivity contribution >= 4 is 16.8 Å². The Morgan fingerprint density at radius 1 is 0.950 bits per heavy atom. The minimum absolute atomic E-state index is 0.357. The van der Waals surface area contributed by atoms with Crippen molar-refractivity contribution < 1.29 is 8.76 Å². The van der Waals surface area contributed by atoms with Gasteiger partial charge in [0.25, 0.3) is 0 Å². The van der Waals surface area contributed by atoms with Crippen LogP contribution in [0.2, 0.25) is 0 Å². The molecule has 0 aromatic heterocycles. The lowest BCUT2D eigenvalue weighted by atomic mass is 10.2. The molecule has 1 unspecified atom stereocenters. The normalized spacial score (nSPS) is 12.3. The fraction of sp³-hybridized carbons (Fsp3) is 0.625. The van der Waals surface area contributed by atoms with E-state index in [2.05, 4.69) is 18.7 Å². The lowest BCUT2D eigenvalue weighted by molar-refractivity contribution is 0.537. The van der Waals surface area contributed by atoms with E-state index in [1.165, 1.54) is 38.5 Å². The largest absolute Gasteiger partial charge is 0.768 e. The number of unbranched alkanes of at least 4 members (excludes halogenated alkanes) is 4. The predicted octanol–water partition coefficient (Wildman–Crippen LogP) is 4.11. The van der Waals surface area contributed by atoms with E-state index in [1.54, 1.807) is 12.1 Å². The molecule has 0 fully saturated rings. The molecular formula is C16H26NO2S-. The lowest BCUT2D eigenvalue weighted by Gasteiger charge is -2.25. The van der Waals surface area contributed by atoms with E-state index in [0.717, 1.165) is 18.8 Å². The summed E-state index contributed by atoms with van der Waals surface area (Å²) in [4.78, 5) is 2.74. The molecule has 0 aliphatic rings. The van der Waals surface area contributed by atoms with Crippen molar-refractivity contribution in [3.05, 3.63) is 24.3 Å². The Labute approximate surface area is 125 Å². The third-order valence-corrected chi connectivity index (χ3v) is 4.11. The number of hydrogen-bond acceptors (Lipinski definition) is 3. The summed E-state index contributed by atoms with van der Waals surface area (Å²) >= 11 is -2.13. The average molecular weight is 296 g/mol. The number of hydrogen-bond donors (Lipinski definition) is 0. The third-order valence-electron chi connectivity index (χ3n) is 3.46. The monoisotopic (exact) mass is 296 g/mol. The van der Waals surface area contributed by atoms with Crippen LogP contribution in [0.1, 0.15) is 52.4 Å². The summed E-state index contributed by atoms with van der Waals surface area (Å²) in [5.41, 5.74) is 1.13. The Hall–Kier alpha value is -0.870. The molecule has 0 heterocycles. The molecular weight excluding hydrogens is 270 g/mol. The Morgan fingerprint density at radius 3 is 1.85 bits per heavy atom. The van der Waals surface area contributed by atoms with Crippen LogP contribution in [0.3, 0.4) is 0 Å². The number of benzene rings is 1. The number of nitrogens with zero attached hydrogens (tertiary/aromatic N) is 1.